The molecule has 1 amide bonds. The Balaban J connectivity index is 1.23. The summed E-state index contributed by atoms with van der Waals surface area (Å²) >= 11 is 0. The van der Waals surface area contributed by atoms with Crippen molar-refractivity contribution in [1.82, 2.24) is 15.5 Å². The third kappa shape index (κ3) is 6.84. The van der Waals surface area contributed by atoms with E-state index < -0.39 is 18.9 Å². The zero-order valence-electron chi connectivity index (χ0n) is 21.8. The maximum atomic E-state index is 12.2. The van der Waals surface area contributed by atoms with E-state index >= 15 is 0 Å². The molecule has 1 atom stereocenters. The number of aliphatic imine (C=N–C) groups is 1. The molecule has 0 saturated heterocycles. The topological polar surface area (TPSA) is 133 Å². The molecule has 0 fully saturated rings. The quantitative estimate of drug-likeness (QED) is 0.388. The first-order valence-corrected chi connectivity index (χ1v) is 12.6. The highest BCUT2D eigenvalue weighted by Gasteiger charge is 2.34. The van der Waals surface area contributed by atoms with E-state index in [1.807, 2.05) is 24.3 Å². The lowest BCUT2D eigenvalue weighted by atomic mass is 9.86. The summed E-state index contributed by atoms with van der Waals surface area (Å²) in [5.41, 5.74) is 4.42. The molecular formula is C27H25F3N6O5. The largest absolute Gasteiger partial charge is 0.522 e. The van der Waals surface area contributed by atoms with E-state index in [0.717, 1.165) is 16.8 Å². The Morgan fingerprint density at radius 3 is 2.66 bits per heavy atom. The highest BCUT2D eigenvalue weighted by molar-refractivity contribution is 6.24. The van der Waals surface area contributed by atoms with Gasteiger partial charge in [-0.15, -0.1) is 13.2 Å². The van der Waals surface area contributed by atoms with Crippen molar-refractivity contribution in [2.45, 2.75) is 26.0 Å². The Labute approximate surface area is 232 Å². The summed E-state index contributed by atoms with van der Waals surface area (Å²) in [7, 11) is 1.58. The van der Waals surface area contributed by atoms with Crippen molar-refractivity contribution < 1.29 is 36.7 Å². The number of pyridine rings is 1. The normalized spacial score (nSPS) is 16.5. The second-order valence-corrected chi connectivity index (χ2v) is 9.03. The van der Waals surface area contributed by atoms with E-state index in [9.17, 15) is 18.0 Å². The zero-order chi connectivity index (χ0) is 28.8. The minimum Gasteiger partial charge on any atom is -0.471 e. The van der Waals surface area contributed by atoms with Gasteiger partial charge in [0.05, 0.1) is 29.5 Å². The molecule has 2 aromatic heterocycles. The van der Waals surface area contributed by atoms with Gasteiger partial charge in [-0.25, -0.2) is 0 Å². The molecule has 214 valence electrons. The van der Waals surface area contributed by atoms with Crippen LogP contribution in [-0.4, -0.2) is 66.5 Å². The number of alkyl halides is 3. The lowest BCUT2D eigenvalue weighted by Gasteiger charge is -2.20. The van der Waals surface area contributed by atoms with Crippen LogP contribution < -0.4 is 5.32 Å². The number of hydrogen-bond acceptors (Lipinski definition) is 10. The van der Waals surface area contributed by atoms with Gasteiger partial charge in [0.25, 0.3) is 5.91 Å². The Kier molecular flexibility index (Phi) is 8.50. The fraction of sp³-hybridized carbons (Fsp3) is 0.333. The Morgan fingerprint density at radius 2 is 1.90 bits per heavy atom. The molecule has 4 heterocycles. The van der Waals surface area contributed by atoms with Gasteiger partial charge in [-0.05, 0) is 24.6 Å². The fourth-order valence-electron chi connectivity index (χ4n) is 4.38. The first kappa shape index (κ1) is 28.1. The minimum absolute atomic E-state index is 0.0767. The van der Waals surface area contributed by atoms with Crippen LogP contribution in [0.15, 0.2) is 68.4 Å². The lowest BCUT2D eigenvalue weighted by molar-refractivity contribution is -0.323. The van der Waals surface area contributed by atoms with Crippen LogP contribution in [0.25, 0.3) is 0 Å². The number of nitrogens with one attached hydrogen (secondary N) is 1. The van der Waals surface area contributed by atoms with E-state index in [2.05, 4.69) is 30.4 Å². The van der Waals surface area contributed by atoms with E-state index in [1.165, 1.54) is 12.3 Å². The fourth-order valence-corrected chi connectivity index (χ4v) is 4.38. The number of halogens is 3. The Hall–Kier alpha value is -4.43. The van der Waals surface area contributed by atoms with Crippen molar-refractivity contribution in [1.29, 1.82) is 0 Å². The number of nitrogens with zero attached hydrogens (tertiary/aromatic N) is 5. The molecule has 5 rings (SSSR count). The second-order valence-electron chi connectivity index (χ2n) is 9.03. The molecule has 0 saturated carbocycles. The number of methoxy groups -OCH3 is 1. The summed E-state index contributed by atoms with van der Waals surface area (Å²) in [5, 5.41) is 15.4. The molecule has 0 aliphatic carbocycles. The van der Waals surface area contributed by atoms with E-state index in [0.29, 0.717) is 48.3 Å². The van der Waals surface area contributed by atoms with Crippen LogP contribution in [0.4, 0.5) is 13.2 Å². The average Bonchev–Trinajstić information content (AvgIpc) is 3.58. The molecular weight excluding hydrogens is 545 g/mol. The van der Waals surface area contributed by atoms with Crippen molar-refractivity contribution >= 4 is 23.2 Å². The van der Waals surface area contributed by atoms with Crippen LogP contribution in [0.5, 0.6) is 0 Å². The number of aromatic nitrogens is 2. The SMILES string of the molecule is COCc1cc(C2=NN=C3c4ccccc4C(OCc4ccc(C(=O)NCCOC(F)(F)F)cn4)=NCCC23)no1. The molecule has 0 radical (unpaired) electrons. The number of hydrogen-bond donors (Lipinski definition) is 1. The molecule has 14 heteroatoms. The number of rotatable bonds is 9. The van der Waals surface area contributed by atoms with Crippen molar-refractivity contribution in [2.75, 3.05) is 26.8 Å². The molecule has 3 aromatic rings. The van der Waals surface area contributed by atoms with Crippen molar-refractivity contribution in [3.8, 4) is 0 Å². The molecule has 0 bridgehead atoms. The van der Waals surface area contributed by atoms with Gasteiger partial charge >= 0.3 is 6.36 Å². The molecule has 1 N–H and O–H groups in total. The molecule has 41 heavy (non-hydrogen) atoms. The summed E-state index contributed by atoms with van der Waals surface area (Å²) in [6.07, 6.45) is -2.79. The number of fused-ring (bicyclic) bond motifs is 3. The first-order chi connectivity index (χ1) is 19.8. The van der Waals surface area contributed by atoms with E-state index in [4.69, 9.17) is 19.0 Å². The molecule has 1 unspecified atom stereocenters. The monoisotopic (exact) mass is 570 g/mol. The third-order valence-electron chi connectivity index (χ3n) is 6.24. The molecule has 11 nitrogen and oxygen atoms in total. The van der Waals surface area contributed by atoms with Crippen LogP contribution in [0.2, 0.25) is 0 Å². The second kappa shape index (κ2) is 12.4. The van der Waals surface area contributed by atoms with Gasteiger partial charge in [-0.3, -0.25) is 19.5 Å². The van der Waals surface area contributed by atoms with Crippen LogP contribution in [0.3, 0.4) is 0 Å². The van der Waals surface area contributed by atoms with Crippen molar-refractivity contribution in [3.05, 3.63) is 82.5 Å². The molecule has 0 spiro atoms. The van der Waals surface area contributed by atoms with Crippen LogP contribution >= 0.6 is 0 Å². The summed E-state index contributed by atoms with van der Waals surface area (Å²) in [6, 6.07) is 12.5. The average molecular weight is 571 g/mol. The highest BCUT2D eigenvalue weighted by Crippen LogP contribution is 2.29. The Bertz CT molecular complexity index is 1480. The summed E-state index contributed by atoms with van der Waals surface area (Å²) in [5.74, 6) is 0.328. The van der Waals surface area contributed by atoms with Gasteiger partial charge in [0.15, 0.2) is 5.76 Å². The summed E-state index contributed by atoms with van der Waals surface area (Å²) in [6.45, 7) is -0.159. The van der Waals surface area contributed by atoms with E-state index in [-0.39, 0.29) is 24.6 Å². The van der Waals surface area contributed by atoms with Gasteiger partial charge in [0.2, 0.25) is 5.90 Å². The van der Waals surface area contributed by atoms with Gasteiger partial charge in [0, 0.05) is 43.6 Å². The molecule has 1 aromatic carbocycles. The van der Waals surface area contributed by atoms with Gasteiger partial charge in [-0.2, -0.15) is 10.2 Å². The lowest BCUT2D eigenvalue weighted by Crippen LogP contribution is -2.29. The first-order valence-electron chi connectivity index (χ1n) is 12.6. The van der Waals surface area contributed by atoms with Crippen LogP contribution in [0.1, 0.15) is 45.1 Å². The third-order valence-corrected chi connectivity index (χ3v) is 6.24. The van der Waals surface area contributed by atoms with Crippen LogP contribution in [-0.2, 0) is 27.4 Å². The summed E-state index contributed by atoms with van der Waals surface area (Å²) in [4.78, 5) is 21.1. The van der Waals surface area contributed by atoms with Gasteiger partial charge in [0.1, 0.15) is 24.6 Å². The van der Waals surface area contributed by atoms with Gasteiger partial charge in [-0.1, -0.05) is 23.4 Å². The van der Waals surface area contributed by atoms with Crippen molar-refractivity contribution in [3.63, 3.8) is 0 Å². The zero-order valence-corrected chi connectivity index (χ0v) is 21.8. The van der Waals surface area contributed by atoms with Gasteiger partial charge < -0.3 is 19.3 Å². The number of benzene rings is 1. The smallest absolute Gasteiger partial charge is 0.471 e. The maximum Gasteiger partial charge on any atom is 0.522 e. The van der Waals surface area contributed by atoms with Crippen LogP contribution in [0, 0.1) is 5.92 Å². The van der Waals surface area contributed by atoms with Crippen molar-refractivity contribution in [2.24, 2.45) is 21.1 Å². The highest BCUT2D eigenvalue weighted by atomic mass is 19.4. The number of carbonyl (C=O) groups excluding carboxylic acids is 1. The predicted octanol–water partition coefficient (Wildman–Crippen LogP) is 3.67. The maximum absolute atomic E-state index is 12.2. The number of amides is 1. The predicted molar refractivity (Wildman–Crippen MR) is 140 cm³/mol. The summed E-state index contributed by atoms with van der Waals surface area (Å²) < 4.78 is 56.3. The van der Waals surface area contributed by atoms with E-state index in [1.54, 1.807) is 19.2 Å². The molecule has 2 aliphatic rings. The number of ether oxygens (including phenoxy) is 3. The molecule has 2 aliphatic heterocycles. The minimum atomic E-state index is -4.75. The standard InChI is InChI=1S/C27H25F3N6O5/c1-38-15-18-12-22(36-41-18)24-21-8-9-32-26(20-5-3-2-4-19(20)23(21)34-35-24)39-14-17-7-6-16(13-33-17)25(37)31-10-11-40-27(28,29)30/h2-7,12-13,21H,8-11,14-15H2,1H3,(H,31,37). The Morgan fingerprint density at radius 1 is 1.10 bits per heavy atom. The number of carbonyl (C=O) groups is 1.